The van der Waals surface area contributed by atoms with E-state index < -0.39 is 0 Å². The summed E-state index contributed by atoms with van der Waals surface area (Å²) in [7, 11) is 0. The maximum atomic E-state index is 11.9. The second-order valence-corrected chi connectivity index (χ2v) is 5.88. The summed E-state index contributed by atoms with van der Waals surface area (Å²) in [6.45, 7) is -0.0777. The van der Waals surface area contributed by atoms with Crippen LogP contribution in [0.25, 0.3) is 0 Å². The van der Waals surface area contributed by atoms with Crippen LogP contribution in [-0.2, 0) is 11.3 Å². The molecule has 1 amide bonds. The molecule has 0 spiro atoms. The first-order valence-electron chi connectivity index (χ1n) is 5.66. The molecule has 7 heteroatoms. The standard InChI is InChI=1S/C13H11Br2N3O2/c14-8-4-11(15)13(20)18(6-8)7-12(19)17-10-3-1-2-9(16)5-10/h1-6H,7,16H2,(H,17,19). The van der Waals surface area contributed by atoms with Gasteiger partial charge in [0.1, 0.15) is 6.54 Å². The van der Waals surface area contributed by atoms with Crippen molar-refractivity contribution in [1.82, 2.24) is 4.57 Å². The van der Waals surface area contributed by atoms with Gasteiger partial charge in [0.05, 0.1) is 4.47 Å². The van der Waals surface area contributed by atoms with Crippen LogP contribution in [0.1, 0.15) is 0 Å². The van der Waals surface area contributed by atoms with Crippen molar-refractivity contribution in [3.63, 3.8) is 0 Å². The molecule has 2 aromatic rings. The molecule has 0 radical (unpaired) electrons. The highest BCUT2D eigenvalue weighted by atomic mass is 79.9. The molecule has 0 atom stereocenters. The number of nitrogens with two attached hydrogens (primary N) is 1. The molecule has 1 aromatic carbocycles. The summed E-state index contributed by atoms with van der Waals surface area (Å²) in [6.07, 6.45) is 1.56. The topological polar surface area (TPSA) is 77.1 Å². The highest BCUT2D eigenvalue weighted by molar-refractivity contribution is 9.11. The molecule has 0 fully saturated rings. The Bertz CT molecular complexity index is 713. The lowest BCUT2D eigenvalue weighted by Gasteiger charge is -2.09. The monoisotopic (exact) mass is 399 g/mol. The largest absolute Gasteiger partial charge is 0.399 e. The summed E-state index contributed by atoms with van der Waals surface area (Å²) in [5.74, 6) is -0.303. The summed E-state index contributed by atoms with van der Waals surface area (Å²) in [4.78, 5) is 23.8. The number of carbonyl (C=O) groups excluding carboxylic acids is 1. The number of aromatic nitrogens is 1. The Morgan fingerprint density at radius 3 is 2.75 bits per heavy atom. The van der Waals surface area contributed by atoms with Gasteiger partial charge in [-0.1, -0.05) is 6.07 Å². The van der Waals surface area contributed by atoms with E-state index in [1.807, 2.05) is 0 Å². The molecule has 0 bridgehead atoms. The van der Waals surface area contributed by atoms with Crippen LogP contribution in [-0.4, -0.2) is 10.5 Å². The quantitative estimate of drug-likeness (QED) is 0.777. The van der Waals surface area contributed by atoms with Crippen LogP contribution in [0.15, 0.2) is 50.3 Å². The lowest BCUT2D eigenvalue weighted by atomic mass is 10.3. The van der Waals surface area contributed by atoms with Gasteiger partial charge >= 0.3 is 0 Å². The maximum Gasteiger partial charge on any atom is 0.265 e. The number of benzene rings is 1. The molecular weight excluding hydrogens is 390 g/mol. The number of carbonyl (C=O) groups is 1. The van der Waals surface area contributed by atoms with Crippen molar-refractivity contribution in [2.75, 3.05) is 11.1 Å². The van der Waals surface area contributed by atoms with Crippen molar-refractivity contribution in [3.05, 3.63) is 55.8 Å². The molecule has 2 rings (SSSR count). The van der Waals surface area contributed by atoms with Crippen LogP contribution in [0.3, 0.4) is 0 Å². The maximum absolute atomic E-state index is 11.9. The zero-order chi connectivity index (χ0) is 14.7. The van der Waals surface area contributed by atoms with Gasteiger partial charge in [0.15, 0.2) is 0 Å². The molecule has 0 saturated carbocycles. The number of rotatable bonds is 3. The van der Waals surface area contributed by atoms with E-state index in [1.165, 1.54) is 4.57 Å². The molecule has 104 valence electrons. The van der Waals surface area contributed by atoms with Crippen LogP contribution in [0.2, 0.25) is 0 Å². The third-order valence-electron chi connectivity index (χ3n) is 2.49. The van der Waals surface area contributed by atoms with Crippen molar-refractivity contribution in [3.8, 4) is 0 Å². The molecule has 0 aliphatic carbocycles. The second-order valence-electron chi connectivity index (χ2n) is 4.11. The summed E-state index contributed by atoms with van der Waals surface area (Å²) >= 11 is 6.43. The fraction of sp³-hybridized carbons (Fsp3) is 0.0769. The van der Waals surface area contributed by atoms with Crippen LogP contribution >= 0.6 is 31.9 Å². The number of amides is 1. The van der Waals surface area contributed by atoms with Crippen molar-refractivity contribution >= 4 is 49.1 Å². The predicted molar refractivity (Wildman–Crippen MR) is 85.6 cm³/mol. The molecule has 0 unspecified atom stereocenters. The van der Waals surface area contributed by atoms with Gasteiger partial charge in [-0.3, -0.25) is 9.59 Å². The second kappa shape index (κ2) is 6.23. The van der Waals surface area contributed by atoms with Gasteiger partial charge in [0, 0.05) is 22.0 Å². The SMILES string of the molecule is Nc1cccc(NC(=O)Cn2cc(Br)cc(Br)c2=O)c1. The van der Waals surface area contributed by atoms with Gasteiger partial charge in [-0.15, -0.1) is 0 Å². The van der Waals surface area contributed by atoms with Crippen molar-refractivity contribution < 1.29 is 4.79 Å². The van der Waals surface area contributed by atoms with Gasteiger partial charge in [-0.25, -0.2) is 0 Å². The Morgan fingerprint density at radius 2 is 2.05 bits per heavy atom. The fourth-order valence-corrected chi connectivity index (χ4v) is 2.91. The van der Waals surface area contributed by atoms with Gasteiger partial charge < -0.3 is 15.6 Å². The van der Waals surface area contributed by atoms with E-state index in [0.717, 1.165) is 0 Å². The molecule has 3 N–H and O–H groups in total. The number of nitrogens with one attached hydrogen (secondary N) is 1. The highest BCUT2D eigenvalue weighted by Crippen LogP contribution is 2.14. The Labute approximate surface area is 132 Å². The number of anilines is 2. The lowest BCUT2D eigenvalue weighted by molar-refractivity contribution is -0.116. The van der Waals surface area contributed by atoms with Crippen LogP contribution < -0.4 is 16.6 Å². The molecule has 1 aromatic heterocycles. The average Bonchev–Trinajstić information content (AvgIpc) is 2.35. The number of nitrogens with zero attached hydrogens (tertiary/aromatic N) is 1. The Morgan fingerprint density at radius 1 is 1.30 bits per heavy atom. The molecule has 20 heavy (non-hydrogen) atoms. The molecule has 5 nitrogen and oxygen atoms in total. The van der Waals surface area contributed by atoms with Crippen molar-refractivity contribution in [1.29, 1.82) is 0 Å². The third-order valence-corrected chi connectivity index (χ3v) is 3.50. The van der Waals surface area contributed by atoms with Crippen LogP contribution in [0.5, 0.6) is 0 Å². The Kier molecular flexibility index (Phi) is 4.61. The van der Waals surface area contributed by atoms with Crippen molar-refractivity contribution in [2.24, 2.45) is 0 Å². The number of nitrogen functional groups attached to an aromatic ring is 1. The molecule has 1 heterocycles. The van der Waals surface area contributed by atoms with E-state index in [9.17, 15) is 9.59 Å². The number of pyridine rings is 1. The zero-order valence-corrected chi connectivity index (χ0v) is 13.4. The minimum Gasteiger partial charge on any atom is -0.399 e. The molecule has 0 aliphatic heterocycles. The van der Waals surface area contributed by atoms with Gasteiger partial charge in [0.2, 0.25) is 5.91 Å². The minimum absolute atomic E-state index is 0.0777. The van der Waals surface area contributed by atoms with Gasteiger partial charge in [0.25, 0.3) is 5.56 Å². The van der Waals surface area contributed by atoms with Gasteiger partial charge in [-0.05, 0) is 56.1 Å². The van der Waals surface area contributed by atoms with Crippen molar-refractivity contribution in [2.45, 2.75) is 6.54 Å². The summed E-state index contributed by atoms with van der Waals surface area (Å²) < 4.78 is 2.42. The first kappa shape index (κ1) is 14.8. The number of hydrogen-bond acceptors (Lipinski definition) is 3. The predicted octanol–water partition coefficient (Wildman–Crippen LogP) is 2.59. The number of halogens is 2. The Hall–Kier alpha value is -1.60. The first-order valence-corrected chi connectivity index (χ1v) is 7.25. The first-order chi connectivity index (χ1) is 9.45. The summed E-state index contributed by atoms with van der Waals surface area (Å²) in [5, 5.41) is 2.69. The fourth-order valence-electron chi connectivity index (χ4n) is 1.65. The van der Waals surface area contributed by atoms with E-state index >= 15 is 0 Å². The number of hydrogen-bond donors (Lipinski definition) is 2. The highest BCUT2D eigenvalue weighted by Gasteiger charge is 2.08. The minimum atomic E-state index is -0.303. The summed E-state index contributed by atoms with van der Waals surface area (Å²) in [6, 6.07) is 8.48. The average molecular weight is 401 g/mol. The van der Waals surface area contributed by atoms with E-state index in [0.29, 0.717) is 20.3 Å². The third kappa shape index (κ3) is 3.71. The molecule has 0 saturated heterocycles. The normalized spacial score (nSPS) is 10.3. The molecular formula is C13H11Br2N3O2. The van der Waals surface area contributed by atoms with Crippen LogP contribution in [0, 0.1) is 0 Å². The van der Waals surface area contributed by atoms with E-state index in [2.05, 4.69) is 37.2 Å². The summed E-state index contributed by atoms with van der Waals surface area (Å²) in [5.41, 5.74) is 6.52. The van der Waals surface area contributed by atoms with Crippen LogP contribution in [0.4, 0.5) is 11.4 Å². The van der Waals surface area contributed by atoms with E-state index in [1.54, 1.807) is 36.5 Å². The van der Waals surface area contributed by atoms with E-state index in [4.69, 9.17) is 5.73 Å². The van der Waals surface area contributed by atoms with Gasteiger partial charge in [-0.2, -0.15) is 0 Å². The molecule has 0 aliphatic rings. The van der Waals surface area contributed by atoms with E-state index in [-0.39, 0.29) is 18.0 Å². The smallest absolute Gasteiger partial charge is 0.265 e. The Balaban J connectivity index is 2.15. The lowest BCUT2D eigenvalue weighted by Crippen LogP contribution is -2.27. The zero-order valence-electron chi connectivity index (χ0n) is 10.3.